The summed E-state index contributed by atoms with van der Waals surface area (Å²) in [5.41, 5.74) is 1.23. The molecule has 0 saturated carbocycles. The van der Waals surface area contributed by atoms with Crippen molar-refractivity contribution in [3.05, 3.63) is 90.0 Å². The van der Waals surface area contributed by atoms with Gasteiger partial charge in [0, 0.05) is 47.2 Å². The summed E-state index contributed by atoms with van der Waals surface area (Å²) in [5.74, 6) is -0.985. The second-order valence-electron chi connectivity index (χ2n) is 14.7. The van der Waals surface area contributed by atoms with Crippen LogP contribution in [0.25, 0.3) is 0 Å². The first-order chi connectivity index (χ1) is 24.0. The van der Waals surface area contributed by atoms with E-state index >= 15 is 0 Å². The number of rotatable bonds is 9. The number of amides is 3. The highest BCUT2D eigenvalue weighted by Gasteiger charge is 2.65. The van der Waals surface area contributed by atoms with E-state index in [4.69, 9.17) is 4.74 Å². The SMILES string of the molecule is C[C@H]1[C@H]([Si](C)(C)O)[C@@H](CC(=O)N(CCO)Cc2ccccc2)O[C@]12C(=O)Nc1ccc(N3CN(c4ccccc4)C4(CCNCC4)C3=O)cc12. The number of ether oxygens (including phenoxy) is 1. The van der Waals surface area contributed by atoms with Gasteiger partial charge in [0.25, 0.3) is 11.8 Å². The van der Waals surface area contributed by atoms with Crippen molar-refractivity contribution in [3.8, 4) is 0 Å². The van der Waals surface area contributed by atoms with Crippen LogP contribution >= 0.6 is 0 Å². The number of aliphatic hydroxyl groups excluding tert-OH is 1. The van der Waals surface area contributed by atoms with Gasteiger partial charge in [-0.25, -0.2) is 0 Å². The summed E-state index contributed by atoms with van der Waals surface area (Å²) < 4.78 is 6.82. The van der Waals surface area contributed by atoms with Crippen LogP contribution in [0.4, 0.5) is 17.1 Å². The van der Waals surface area contributed by atoms with Gasteiger partial charge in [0.15, 0.2) is 13.9 Å². The van der Waals surface area contributed by atoms with Gasteiger partial charge < -0.3 is 35.1 Å². The maximum Gasteiger partial charge on any atom is 0.261 e. The van der Waals surface area contributed by atoms with Crippen LogP contribution in [0.1, 0.15) is 37.3 Å². The minimum Gasteiger partial charge on any atom is -0.432 e. The molecule has 0 aromatic heterocycles. The molecule has 3 aromatic carbocycles. The van der Waals surface area contributed by atoms with Crippen molar-refractivity contribution in [1.82, 2.24) is 10.2 Å². The molecule has 2 spiro atoms. The van der Waals surface area contributed by atoms with E-state index in [1.54, 1.807) is 4.90 Å². The monoisotopic (exact) mass is 697 g/mol. The van der Waals surface area contributed by atoms with Crippen molar-refractivity contribution in [2.45, 2.75) is 68.6 Å². The first kappa shape index (κ1) is 34.4. The molecule has 264 valence electrons. The molecule has 3 saturated heterocycles. The lowest BCUT2D eigenvalue weighted by Crippen LogP contribution is -2.55. The summed E-state index contributed by atoms with van der Waals surface area (Å²) in [6, 6.07) is 25.2. The van der Waals surface area contributed by atoms with Gasteiger partial charge in [0.05, 0.1) is 25.8 Å². The Balaban J connectivity index is 1.22. The minimum absolute atomic E-state index is 0.0298. The molecule has 3 aromatic rings. The molecule has 12 heteroatoms. The number of hydrogen-bond acceptors (Lipinski definition) is 8. The van der Waals surface area contributed by atoms with Gasteiger partial charge in [-0.2, -0.15) is 0 Å². The third kappa shape index (κ3) is 5.72. The average molecular weight is 698 g/mol. The molecule has 4 heterocycles. The highest BCUT2D eigenvalue weighted by Crippen LogP contribution is 2.59. The van der Waals surface area contributed by atoms with Crippen LogP contribution in [0.3, 0.4) is 0 Å². The zero-order valence-corrected chi connectivity index (χ0v) is 30.0. The molecule has 4 aliphatic heterocycles. The number of anilines is 3. The Hall–Kier alpha value is -4.07. The van der Waals surface area contributed by atoms with Crippen LogP contribution in [0.15, 0.2) is 78.9 Å². The summed E-state index contributed by atoms with van der Waals surface area (Å²) in [4.78, 5) is 59.7. The number of fused-ring (bicyclic) bond motifs is 2. The van der Waals surface area contributed by atoms with Crippen LogP contribution in [0.5, 0.6) is 0 Å². The van der Waals surface area contributed by atoms with Crippen molar-refractivity contribution < 1.29 is 29.0 Å². The average Bonchev–Trinajstić information content (AvgIpc) is 3.67. The Morgan fingerprint density at radius 1 is 1.00 bits per heavy atom. The molecule has 0 bridgehead atoms. The molecule has 4 atom stereocenters. The van der Waals surface area contributed by atoms with Crippen LogP contribution < -0.4 is 20.4 Å². The fraction of sp³-hybridized carbons (Fsp3) is 0.447. The number of hydrogen-bond donors (Lipinski definition) is 4. The van der Waals surface area contributed by atoms with Crippen LogP contribution in [-0.2, 0) is 31.3 Å². The molecular formula is C38H47N5O6Si. The van der Waals surface area contributed by atoms with Crippen LogP contribution in [0, 0.1) is 5.92 Å². The topological polar surface area (TPSA) is 135 Å². The summed E-state index contributed by atoms with van der Waals surface area (Å²) in [6.07, 6.45) is 0.576. The van der Waals surface area contributed by atoms with E-state index in [9.17, 15) is 24.3 Å². The van der Waals surface area contributed by atoms with E-state index in [0.29, 0.717) is 43.0 Å². The molecule has 11 nitrogen and oxygen atoms in total. The molecule has 3 amide bonds. The van der Waals surface area contributed by atoms with E-state index in [1.807, 2.05) is 104 Å². The molecule has 0 radical (unpaired) electrons. The normalized spacial score (nSPS) is 25.7. The van der Waals surface area contributed by atoms with Crippen LogP contribution in [0.2, 0.25) is 18.6 Å². The lowest BCUT2D eigenvalue weighted by Gasteiger charge is -2.39. The number of aliphatic hydroxyl groups is 1. The summed E-state index contributed by atoms with van der Waals surface area (Å²) in [7, 11) is -3.01. The summed E-state index contributed by atoms with van der Waals surface area (Å²) >= 11 is 0. The third-order valence-corrected chi connectivity index (χ3v) is 13.8. The first-order valence-corrected chi connectivity index (χ1v) is 20.7. The van der Waals surface area contributed by atoms with Crippen molar-refractivity contribution >= 4 is 43.1 Å². The molecule has 3 fully saturated rings. The maximum absolute atomic E-state index is 14.5. The molecular weight excluding hydrogens is 651 g/mol. The van der Waals surface area contributed by atoms with Gasteiger partial charge in [-0.3, -0.25) is 19.3 Å². The smallest absolute Gasteiger partial charge is 0.261 e. The second kappa shape index (κ2) is 13.2. The van der Waals surface area contributed by atoms with Gasteiger partial charge in [-0.1, -0.05) is 55.5 Å². The van der Waals surface area contributed by atoms with Crippen molar-refractivity contribution in [1.29, 1.82) is 0 Å². The Morgan fingerprint density at radius 2 is 1.68 bits per heavy atom. The molecule has 7 rings (SSSR count). The number of piperidine rings is 1. The predicted octanol–water partition coefficient (Wildman–Crippen LogP) is 3.78. The molecule has 4 N–H and O–H groups in total. The Bertz CT molecular complexity index is 1750. The number of nitrogens with one attached hydrogen (secondary N) is 2. The maximum atomic E-state index is 14.5. The minimum atomic E-state index is -3.01. The summed E-state index contributed by atoms with van der Waals surface area (Å²) in [6.45, 7) is 7.71. The number of carbonyl (C=O) groups is 3. The van der Waals surface area contributed by atoms with E-state index in [-0.39, 0.29) is 37.3 Å². The Labute approximate surface area is 294 Å². The highest BCUT2D eigenvalue weighted by atomic mass is 28.4. The molecule has 0 aliphatic carbocycles. The number of benzene rings is 3. The fourth-order valence-corrected chi connectivity index (χ4v) is 11.5. The predicted molar refractivity (Wildman–Crippen MR) is 194 cm³/mol. The molecule has 0 unspecified atom stereocenters. The number of carbonyl (C=O) groups excluding carboxylic acids is 3. The third-order valence-electron chi connectivity index (χ3n) is 11.3. The van der Waals surface area contributed by atoms with Crippen molar-refractivity contribution in [3.63, 3.8) is 0 Å². The van der Waals surface area contributed by atoms with Crippen LogP contribution in [-0.4, -0.2) is 85.4 Å². The van der Waals surface area contributed by atoms with Crippen molar-refractivity contribution in [2.75, 3.05) is 48.0 Å². The second-order valence-corrected chi connectivity index (χ2v) is 18.7. The van der Waals surface area contributed by atoms with E-state index in [0.717, 1.165) is 24.3 Å². The standard InChI is InChI=1S/C38H47N5O6Si/c1-26-34(50(2,3)48)32(23-33(45)41(20-21-44)24-27-10-6-4-7-11-27)49-38(26)30-22-29(14-15-31(30)40-35(38)46)42-25-43(28-12-8-5-9-13-28)37(36(42)47)16-18-39-19-17-37/h4-15,22,26,32,34,39,44,48H,16-21,23-25H2,1-3H3,(H,40,46)/t26-,32+,34-,38+/m0/s1. The van der Waals surface area contributed by atoms with E-state index in [1.165, 1.54) is 0 Å². The fourth-order valence-electron chi connectivity index (χ4n) is 8.94. The van der Waals surface area contributed by atoms with Gasteiger partial charge in [-0.15, -0.1) is 0 Å². The number of para-hydroxylation sites is 1. The van der Waals surface area contributed by atoms with Crippen molar-refractivity contribution in [2.24, 2.45) is 5.92 Å². The Morgan fingerprint density at radius 3 is 2.34 bits per heavy atom. The lowest BCUT2D eigenvalue weighted by atomic mass is 9.82. The number of nitrogens with zero attached hydrogens (tertiary/aromatic N) is 3. The molecule has 4 aliphatic rings. The van der Waals surface area contributed by atoms with Gasteiger partial charge in [-0.05, 0) is 74.9 Å². The zero-order valence-electron chi connectivity index (χ0n) is 29.0. The highest BCUT2D eigenvalue weighted by molar-refractivity contribution is 6.71. The van der Waals surface area contributed by atoms with E-state index in [2.05, 4.69) is 15.5 Å². The first-order valence-electron chi connectivity index (χ1n) is 17.6. The zero-order chi connectivity index (χ0) is 35.3. The largest absolute Gasteiger partial charge is 0.432 e. The van der Waals surface area contributed by atoms with Gasteiger partial charge in [0.2, 0.25) is 5.91 Å². The Kier molecular flexibility index (Phi) is 9.10. The van der Waals surface area contributed by atoms with Gasteiger partial charge >= 0.3 is 0 Å². The molecule has 50 heavy (non-hydrogen) atoms. The summed E-state index contributed by atoms with van der Waals surface area (Å²) in [5, 5.41) is 16.2. The van der Waals surface area contributed by atoms with E-state index < -0.39 is 37.0 Å². The lowest BCUT2D eigenvalue weighted by molar-refractivity contribution is -0.148. The van der Waals surface area contributed by atoms with Gasteiger partial charge in [0.1, 0.15) is 5.54 Å². The quantitative estimate of drug-likeness (QED) is 0.249.